The van der Waals surface area contributed by atoms with Crippen LogP contribution in [-0.2, 0) is 4.74 Å². The van der Waals surface area contributed by atoms with Crippen LogP contribution in [0.25, 0.3) is 11.1 Å². The second-order valence-electron chi connectivity index (χ2n) is 8.83. The molecule has 1 fully saturated rings. The van der Waals surface area contributed by atoms with Crippen LogP contribution in [0.3, 0.4) is 0 Å². The van der Waals surface area contributed by atoms with Gasteiger partial charge < -0.3 is 4.74 Å². The molecule has 0 atom stereocenters. The first kappa shape index (κ1) is 23.4. The number of hydrogen-bond donors (Lipinski definition) is 0. The third-order valence-corrected chi connectivity index (χ3v) is 6.32. The summed E-state index contributed by atoms with van der Waals surface area (Å²) in [6, 6.07) is 2.21. The van der Waals surface area contributed by atoms with Crippen molar-refractivity contribution in [3.63, 3.8) is 0 Å². The van der Waals surface area contributed by atoms with E-state index in [1.165, 1.54) is 68.9 Å². The number of methoxy groups -OCH3 is 1. The Kier molecular flexibility index (Phi) is 9.70. The number of ether oxygens (including phenoxy) is 1. The summed E-state index contributed by atoms with van der Waals surface area (Å²) in [4.78, 5) is 4.79. The van der Waals surface area contributed by atoms with Crippen molar-refractivity contribution >= 4 is 11.1 Å². The molecule has 1 aliphatic carbocycles. The van der Waals surface area contributed by atoms with Crippen LogP contribution in [0, 0.1) is 12.8 Å². The van der Waals surface area contributed by atoms with Crippen LogP contribution >= 0.6 is 0 Å². The molecule has 0 N–H and O–H groups in total. The topological polar surface area (TPSA) is 22.1 Å². The Balaban J connectivity index is 1.99. The van der Waals surface area contributed by atoms with Crippen molar-refractivity contribution < 1.29 is 4.74 Å². The lowest BCUT2D eigenvalue weighted by Crippen LogP contribution is -2.03. The molecule has 0 bridgehead atoms. The zero-order chi connectivity index (χ0) is 21.2. The largest absolute Gasteiger partial charge is 0.501 e. The third-order valence-electron chi connectivity index (χ3n) is 6.32. The van der Waals surface area contributed by atoms with E-state index in [2.05, 4.69) is 32.6 Å². The number of pyridine rings is 1. The van der Waals surface area contributed by atoms with Crippen molar-refractivity contribution in [2.45, 2.75) is 91.9 Å². The van der Waals surface area contributed by atoms with Gasteiger partial charge in [0.2, 0.25) is 0 Å². The van der Waals surface area contributed by atoms with E-state index in [9.17, 15) is 0 Å². The molecule has 0 radical (unpaired) electrons. The Hall–Kier alpha value is -1.83. The maximum atomic E-state index is 5.46. The molecule has 0 saturated heterocycles. The molecule has 2 rings (SSSR count). The van der Waals surface area contributed by atoms with E-state index < -0.39 is 0 Å². The van der Waals surface area contributed by atoms with Crippen LogP contribution in [0.5, 0.6) is 0 Å². The molecule has 2 heteroatoms. The van der Waals surface area contributed by atoms with Crippen molar-refractivity contribution in [3.8, 4) is 0 Å². The minimum Gasteiger partial charge on any atom is -0.501 e. The molecule has 160 valence electrons. The fourth-order valence-electron chi connectivity index (χ4n) is 4.63. The molecule has 1 saturated carbocycles. The summed E-state index contributed by atoms with van der Waals surface area (Å²) >= 11 is 0. The van der Waals surface area contributed by atoms with E-state index in [4.69, 9.17) is 9.72 Å². The molecular weight excluding hydrogens is 354 g/mol. The second kappa shape index (κ2) is 12.0. The van der Waals surface area contributed by atoms with E-state index in [-0.39, 0.29) is 0 Å². The van der Waals surface area contributed by atoms with E-state index in [1.54, 1.807) is 7.11 Å². The van der Waals surface area contributed by atoms with Gasteiger partial charge in [-0.15, -0.1) is 0 Å². The van der Waals surface area contributed by atoms with Gasteiger partial charge >= 0.3 is 0 Å². The summed E-state index contributed by atoms with van der Waals surface area (Å²) in [6.07, 6.45) is 18.3. The highest BCUT2D eigenvalue weighted by atomic mass is 16.5. The minimum absolute atomic E-state index is 0.882. The average Bonchev–Trinajstić information content (AvgIpc) is 2.66. The number of nitrogens with zero attached hydrogens (tertiary/aromatic N) is 1. The molecule has 29 heavy (non-hydrogen) atoms. The summed E-state index contributed by atoms with van der Waals surface area (Å²) in [5, 5.41) is 0. The van der Waals surface area contributed by atoms with Gasteiger partial charge in [-0.2, -0.15) is 0 Å². The number of aryl methyl sites for hydroxylation is 1. The van der Waals surface area contributed by atoms with Gasteiger partial charge in [-0.25, -0.2) is 0 Å². The van der Waals surface area contributed by atoms with E-state index in [0.29, 0.717) is 0 Å². The van der Waals surface area contributed by atoms with Crippen LogP contribution in [0.1, 0.15) is 102 Å². The smallest absolute Gasteiger partial charge is 0.101 e. The Morgan fingerprint density at radius 1 is 1.14 bits per heavy atom. The average molecular weight is 396 g/mol. The monoisotopic (exact) mass is 395 g/mol. The van der Waals surface area contributed by atoms with Crippen molar-refractivity contribution in [1.82, 2.24) is 4.98 Å². The fourth-order valence-corrected chi connectivity index (χ4v) is 4.63. The number of unbranched alkanes of at least 4 members (excludes halogenated alkanes) is 1. The van der Waals surface area contributed by atoms with Gasteiger partial charge in [0.1, 0.15) is 5.76 Å². The summed E-state index contributed by atoms with van der Waals surface area (Å²) in [5.41, 5.74) is 6.73. The Morgan fingerprint density at radius 2 is 1.79 bits per heavy atom. The van der Waals surface area contributed by atoms with E-state index in [1.807, 2.05) is 20.0 Å². The zero-order valence-electron chi connectivity index (χ0n) is 19.4. The molecule has 2 nitrogen and oxygen atoms in total. The lowest BCUT2D eigenvalue weighted by Gasteiger charge is -2.19. The van der Waals surface area contributed by atoms with Crippen LogP contribution in [0.15, 0.2) is 36.3 Å². The van der Waals surface area contributed by atoms with Crippen molar-refractivity contribution in [2.75, 3.05) is 7.11 Å². The zero-order valence-corrected chi connectivity index (χ0v) is 19.4. The summed E-state index contributed by atoms with van der Waals surface area (Å²) in [5.74, 6) is 1.84. The molecule has 0 unspecified atom stereocenters. The molecule has 1 aromatic rings. The minimum atomic E-state index is 0.882. The molecule has 1 heterocycles. The van der Waals surface area contributed by atoms with Crippen molar-refractivity contribution in [3.05, 3.63) is 53.1 Å². The SMILES string of the molecule is C=C(C)/C(=C(/C)OC)c1cnc(/C(C)=C\CCCC2CCCCCCC2)c(C)c1. The second-order valence-corrected chi connectivity index (χ2v) is 8.83. The highest BCUT2D eigenvalue weighted by molar-refractivity contribution is 5.79. The van der Waals surface area contributed by atoms with E-state index >= 15 is 0 Å². The van der Waals surface area contributed by atoms with Gasteiger partial charge in [-0.1, -0.05) is 64.0 Å². The molecular formula is C27H41NO. The van der Waals surface area contributed by atoms with Crippen molar-refractivity contribution in [2.24, 2.45) is 5.92 Å². The highest BCUT2D eigenvalue weighted by Crippen LogP contribution is 2.29. The normalized spacial score (nSPS) is 17.3. The predicted molar refractivity (Wildman–Crippen MR) is 127 cm³/mol. The lowest BCUT2D eigenvalue weighted by molar-refractivity contribution is 0.296. The van der Waals surface area contributed by atoms with Crippen LogP contribution < -0.4 is 0 Å². The summed E-state index contributed by atoms with van der Waals surface area (Å²) < 4.78 is 5.46. The number of aromatic nitrogens is 1. The fraction of sp³-hybridized carbons (Fsp3) is 0.593. The van der Waals surface area contributed by atoms with Gasteiger partial charge in [-0.3, -0.25) is 4.98 Å². The first-order chi connectivity index (χ1) is 13.9. The van der Waals surface area contributed by atoms with Crippen LogP contribution in [0.2, 0.25) is 0 Å². The number of rotatable bonds is 8. The molecule has 1 aromatic heterocycles. The Bertz CT molecular complexity index is 733. The summed E-state index contributed by atoms with van der Waals surface area (Å²) in [6.45, 7) is 12.5. The van der Waals surface area contributed by atoms with Gasteiger partial charge in [0.05, 0.1) is 12.8 Å². The molecule has 0 aliphatic heterocycles. The van der Waals surface area contributed by atoms with Gasteiger partial charge in [-0.05, 0) is 69.2 Å². The molecule has 0 amide bonds. The first-order valence-corrected chi connectivity index (χ1v) is 11.5. The molecule has 0 spiro atoms. The van der Waals surface area contributed by atoms with Crippen LogP contribution in [0.4, 0.5) is 0 Å². The maximum absolute atomic E-state index is 5.46. The number of hydrogen-bond acceptors (Lipinski definition) is 2. The summed E-state index contributed by atoms with van der Waals surface area (Å²) in [7, 11) is 1.70. The lowest BCUT2D eigenvalue weighted by atomic mass is 9.87. The number of allylic oxidation sites excluding steroid dienone is 5. The maximum Gasteiger partial charge on any atom is 0.101 e. The Morgan fingerprint density at radius 3 is 2.38 bits per heavy atom. The van der Waals surface area contributed by atoms with Crippen LogP contribution in [-0.4, -0.2) is 12.1 Å². The third kappa shape index (κ3) is 7.17. The highest BCUT2D eigenvalue weighted by Gasteiger charge is 2.12. The first-order valence-electron chi connectivity index (χ1n) is 11.5. The quantitative estimate of drug-likeness (QED) is 0.251. The van der Waals surface area contributed by atoms with Gasteiger partial charge in [0, 0.05) is 17.3 Å². The van der Waals surface area contributed by atoms with Crippen molar-refractivity contribution in [1.29, 1.82) is 0 Å². The van der Waals surface area contributed by atoms with Gasteiger partial charge in [0.25, 0.3) is 0 Å². The Labute approximate surface area is 179 Å². The van der Waals surface area contributed by atoms with Gasteiger partial charge in [0.15, 0.2) is 0 Å². The standard InChI is InChI=1S/C27H41NO/c1-20(2)26(23(5)29-6)25-18-22(4)27(28-19-25)21(3)14-12-13-17-24-15-10-8-7-9-11-16-24/h14,18-19,24H,1,7-13,15-17H2,2-6H3/b21-14-,26-23+. The van der Waals surface area contributed by atoms with E-state index in [0.717, 1.165) is 40.5 Å². The molecule has 0 aromatic carbocycles. The molecule has 1 aliphatic rings. The predicted octanol–water partition coefficient (Wildman–Crippen LogP) is 8.28.